The number of nitro benzene ring substituents is 1. The molecule has 0 aliphatic carbocycles. The third-order valence-electron chi connectivity index (χ3n) is 4.12. The van der Waals surface area contributed by atoms with Gasteiger partial charge in [0.25, 0.3) is 21.6 Å². The van der Waals surface area contributed by atoms with Gasteiger partial charge in [0.15, 0.2) is 0 Å². The molecule has 0 heterocycles. The Hall–Kier alpha value is -2.98. The molecular weight excluding hydrogens is 398 g/mol. The molecule has 156 valence electrons. The molecule has 0 atom stereocenters. The molecule has 1 amide bonds. The van der Waals surface area contributed by atoms with E-state index >= 15 is 0 Å². The van der Waals surface area contributed by atoms with Crippen molar-refractivity contribution in [2.24, 2.45) is 0 Å². The molecule has 9 nitrogen and oxygen atoms in total. The van der Waals surface area contributed by atoms with Crippen LogP contribution in [-0.2, 0) is 10.0 Å². The normalized spacial score (nSPS) is 11.1. The van der Waals surface area contributed by atoms with Crippen LogP contribution in [0.1, 0.15) is 42.1 Å². The fourth-order valence-corrected chi connectivity index (χ4v) is 3.30. The number of sulfonamides is 1. The second kappa shape index (κ2) is 9.99. The van der Waals surface area contributed by atoms with Crippen molar-refractivity contribution >= 4 is 21.6 Å². The molecule has 0 saturated heterocycles. The summed E-state index contributed by atoms with van der Waals surface area (Å²) in [5.41, 5.74) is 2.32. The molecule has 0 aliphatic rings. The first-order valence-corrected chi connectivity index (χ1v) is 10.5. The first kappa shape index (κ1) is 22.3. The number of amides is 1. The van der Waals surface area contributed by atoms with Gasteiger partial charge in [-0.2, -0.15) is 0 Å². The Bertz CT molecular complexity index is 974. The van der Waals surface area contributed by atoms with Gasteiger partial charge in [0.05, 0.1) is 16.4 Å². The monoisotopic (exact) mass is 421 g/mol. The van der Waals surface area contributed by atoms with Crippen LogP contribution in [0.3, 0.4) is 0 Å². The van der Waals surface area contributed by atoms with Crippen molar-refractivity contribution in [3.8, 4) is 5.75 Å². The second-order valence-corrected chi connectivity index (χ2v) is 8.03. The Kier molecular flexibility index (Phi) is 7.68. The van der Waals surface area contributed by atoms with Gasteiger partial charge < -0.3 is 4.74 Å². The van der Waals surface area contributed by atoms with Crippen LogP contribution in [0.15, 0.2) is 47.4 Å². The smallest absolute Gasteiger partial charge is 0.273 e. The van der Waals surface area contributed by atoms with E-state index in [-0.39, 0.29) is 16.1 Å². The van der Waals surface area contributed by atoms with Crippen LogP contribution >= 0.6 is 0 Å². The lowest BCUT2D eigenvalue weighted by atomic mass is 10.2. The summed E-state index contributed by atoms with van der Waals surface area (Å²) in [4.78, 5) is 24.1. The number of nitro groups is 1. The summed E-state index contributed by atoms with van der Waals surface area (Å²) >= 11 is 0. The van der Waals surface area contributed by atoms with Crippen LogP contribution in [0.5, 0.6) is 5.75 Å². The number of hydrogen-bond acceptors (Lipinski definition) is 6. The molecular formula is C19H23N3O6S. The molecule has 2 aromatic rings. The fourth-order valence-electron chi connectivity index (χ4n) is 2.44. The minimum Gasteiger partial charge on any atom is -0.494 e. The summed E-state index contributed by atoms with van der Waals surface area (Å²) in [6.45, 7) is 4.19. The van der Waals surface area contributed by atoms with Gasteiger partial charge in [-0.3, -0.25) is 20.3 Å². The summed E-state index contributed by atoms with van der Waals surface area (Å²) < 4.78 is 30.2. The number of aryl methyl sites for hydroxylation is 1. The number of rotatable bonds is 10. The predicted octanol–water partition coefficient (Wildman–Crippen LogP) is 3.10. The number of nitrogens with zero attached hydrogens (tertiary/aromatic N) is 1. The van der Waals surface area contributed by atoms with Crippen LogP contribution in [0.25, 0.3) is 0 Å². The minimum atomic E-state index is -4.17. The van der Waals surface area contributed by atoms with E-state index in [4.69, 9.17) is 4.74 Å². The van der Waals surface area contributed by atoms with Crippen LogP contribution in [0.4, 0.5) is 5.69 Å². The van der Waals surface area contributed by atoms with Crippen LogP contribution in [0.2, 0.25) is 0 Å². The summed E-state index contributed by atoms with van der Waals surface area (Å²) in [6.07, 6.45) is 3.11. The number of carbonyl (C=O) groups is 1. The number of ether oxygens (including phenoxy) is 1. The number of benzene rings is 2. The summed E-state index contributed by atoms with van der Waals surface area (Å²) in [5, 5.41) is 11.0. The Labute approximate surface area is 169 Å². The maximum absolute atomic E-state index is 12.3. The average Bonchev–Trinajstić information content (AvgIpc) is 2.70. The molecule has 0 spiro atoms. The van der Waals surface area contributed by atoms with E-state index in [1.165, 1.54) is 31.2 Å². The zero-order valence-electron chi connectivity index (χ0n) is 16.2. The molecule has 10 heteroatoms. The molecule has 2 rings (SSSR count). The first-order valence-electron chi connectivity index (χ1n) is 9.04. The summed E-state index contributed by atoms with van der Waals surface area (Å²) in [5.74, 6) is -0.0575. The van der Waals surface area contributed by atoms with Gasteiger partial charge in [0, 0.05) is 17.2 Å². The molecule has 29 heavy (non-hydrogen) atoms. The minimum absolute atomic E-state index is 0.225. The lowest BCUT2D eigenvalue weighted by Crippen LogP contribution is -2.41. The molecule has 0 bridgehead atoms. The Morgan fingerprint density at radius 2 is 1.83 bits per heavy atom. The summed E-state index contributed by atoms with van der Waals surface area (Å²) in [6, 6.07) is 9.76. The predicted molar refractivity (Wildman–Crippen MR) is 107 cm³/mol. The van der Waals surface area contributed by atoms with E-state index in [0.717, 1.165) is 25.3 Å². The molecule has 2 aromatic carbocycles. The van der Waals surface area contributed by atoms with Crippen molar-refractivity contribution < 1.29 is 22.9 Å². The molecule has 0 radical (unpaired) electrons. The largest absolute Gasteiger partial charge is 0.494 e. The zero-order chi connectivity index (χ0) is 21.4. The van der Waals surface area contributed by atoms with Gasteiger partial charge in [0.1, 0.15) is 5.75 Å². The van der Waals surface area contributed by atoms with E-state index in [9.17, 15) is 23.3 Å². The zero-order valence-corrected chi connectivity index (χ0v) is 17.0. The Balaban J connectivity index is 1.99. The lowest BCUT2D eigenvalue weighted by Gasteiger charge is -2.10. The van der Waals surface area contributed by atoms with Crippen LogP contribution in [-0.4, -0.2) is 25.9 Å². The van der Waals surface area contributed by atoms with Crippen molar-refractivity contribution in [1.29, 1.82) is 0 Å². The van der Waals surface area contributed by atoms with Crippen molar-refractivity contribution in [3.05, 3.63) is 63.7 Å². The van der Waals surface area contributed by atoms with E-state index in [1.807, 2.05) is 4.83 Å². The van der Waals surface area contributed by atoms with Gasteiger partial charge >= 0.3 is 0 Å². The standard InChI is InChI=1S/C19H23N3O6S/c1-3-4-5-12-28-16-9-7-15(8-10-16)19(23)20-21-29(26,27)17-11-6-14(2)18(13-17)22(24)25/h6-11,13,21H,3-5,12H2,1-2H3,(H,20,23). The number of nitrogens with one attached hydrogen (secondary N) is 2. The maximum atomic E-state index is 12.3. The van der Waals surface area contributed by atoms with Crippen molar-refractivity contribution in [2.45, 2.75) is 38.0 Å². The highest BCUT2D eigenvalue weighted by molar-refractivity contribution is 7.89. The fraction of sp³-hybridized carbons (Fsp3) is 0.316. The topological polar surface area (TPSA) is 128 Å². The van der Waals surface area contributed by atoms with Crippen LogP contribution < -0.4 is 15.0 Å². The van der Waals surface area contributed by atoms with Crippen molar-refractivity contribution in [3.63, 3.8) is 0 Å². The van der Waals surface area contributed by atoms with Crippen molar-refractivity contribution in [1.82, 2.24) is 10.3 Å². The van der Waals surface area contributed by atoms with Gasteiger partial charge in [0.2, 0.25) is 0 Å². The second-order valence-electron chi connectivity index (χ2n) is 6.34. The summed E-state index contributed by atoms with van der Waals surface area (Å²) in [7, 11) is -4.17. The van der Waals surface area contributed by atoms with Crippen LogP contribution in [0, 0.1) is 17.0 Å². The molecule has 0 unspecified atom stereocenters. The molecule has 0 saturated carbocycles. The van der Waals surface area contributed by atoms with E-state index in [2.05, 4.69) is 12.3 Å². The molecule has 0 aromatic heterocycles. The van der Waals surface area contributed by atoms with Gasteiger partial charge in [-0.05, 0) is 43.7 Å². The third kappa shape index (κ3) is 6.26. The van der Waals surface area contributed by atoms with E-state index < -0.39 is 20.9 Å². The highest BCUT2D eigenvalue weighted by Gasteiger charge is 2.20. The van der Waals surface area contributed by atoms with Gasteiger partial charge in [-0.15, -0.1) is 4.83 Å². The third-order valence-corrected chi connectivity index (χ3v) is 5.36. The Morgan fingerprint density at radius 1 is 1.14 bits per heavy atom. The highest BCUT2D eigenvalue weighted by Crippen LogP contribution is 2.21. The maximum Gasteiger partial charge on any atom is 0.273 e. The SMILES string of the molecule is CCCCCOc1ccc(C(=O)NNS(=O)(=O)c2ccc(C)c([N+](=O)[O-])c2)cc1. The lowest BCUT2D eigenvalue weighted by molar-refractivity contribution is -0.385. The number of hydrazine groups is 1. The first-order chi connectivity index (χ1) is 13.7. The van der Waals surface area contributed by atoms with Gasteiger partial charge in [-0.25, -0.2) is 8.42 Å². The Morgan fingerprint density at radius 3 is 2.45 bits per heavy atom. The quantitative estimate of drug-likeness (QED) is 0.345. The molecule has 0 fully saturated rings. The van der Waals surface area contributed by atoms with Gasteiger partial charge in [-0.1, -0.05) is 25.8 Å². The molecule has 2 N–H and O–H groups in total. The highest BCUT2D eigenvalue weighted by atomic mass is 32.2. The number of carbonyl (C=O) groups excluding carboxylic acids is 1. The average molecular weight is 421 g/mol. The van der Waals surface area contributed by atoms with Crippen molar-refractivity contribution in [2.75, 3.05) is 6.61 Å². The molecule has 0 aliphatic heterocycles. The van der Waals surface area contributed by atoms with E-state index in [1.54, 1.807) is 12.1 Å². The number of hydrogen-bond donors (Lipinski definition) is 2. The van der Waals surface area contributed by atoms with E-state index in [0.29, 0.717) is 17.9 Å². The number of unbranched alkanes of at least 4 members (excludes halogenated alkanes) is 2.